The van der Waals surface area contributed by atoms with Crippen LogP contribution in [0.5, 0.6) is 0 Å². The second kappa shape index (κ2) is 14.3. The summed E-state index contributed by atoms with van der Waals surface area (Å²) in [7, 11) is 4.11. The zero-order chi connectivity index (χ0) is 33.0. The van der Waals surface area contributed by atoms with E-state index in [0.717, 1.165) is 33.2 Å². The number of hydrogen-bond acceptors (Lipinski definition) is 9. The highest BCUT2D eigenvalue weighted by atomic mass is 28.4. The first-order valence-electron chi connectivity index (χ1n) is 15.9. The lowest BCUT2D eigenvalue weighted by atomic mass is 9.80. The third kappa shape index (κ3) is 7.11. The molecule has 1 N–H and O–H groups in total. The summed E-state index contributed by atoms with van der Waals surface area (Å²) in [6.45, 7) is 3.79. The van der Waals surface area contributed by atoms with Crippen LogP contribution in [0, 0.1) is 5.92 Å². The summed E-state index contributed by atoms with van der Waals surface area (Å²) in [4.78, 5) is 36.4. The second-order valence-corrected chi connectivity index (χ2v) is 16.4. The number of methoxy groups -OCH3 is 4. The van der Waals surface area contributed by atoms with E-state index in [1.165, 1.54) is 7.11 Å². The van der Waals surface area contributed by atoms with Crippen molar-refractivity contribution < 1.29 is 33.3 Å². The molecule has 5 rings (SSSR count). The molecule has 2 aromatic rings. The summed E-state index contributed by atoms with van der Waals surface area (Å²) in [6.07, 6.45) is 9.60. The standard InChI is InChI=1S/C35H45N3O7Si/c1-42-32-18-16-26-28-20-33(43-2)35(45-4)34(44-3)27(28)15-17-30(29(26)19-31(32)40)38-21-23(36-37-38)10-12-24(39)11-7-22-8-13-25(14-9-22)46(5,6)41/h8-9,13-14,16,18,21,29-30,33,41H,7,10-12,15,17,19-20H2,1-6H3/t29?,30-,33+/m0/s1. The number of aromatic nitrogens is 3. The number of benzene rings is 1. The number of ether oxygens (including phenoxy) is 4. The molecule has 0 radical (unpaired) electrons. The van der Waals surface area contributed by atoms with Gasteiger partial charge < -0.3 is 23.7 Å². The highest BCUT2D eigenvalue weighted by Gasteiger charge is 2.41. The van der Waals surface area contributed by atoms with Crippen LogP contribution < -0.4 is 5.19 Å². The second-order valence-electron chi connectivity index (χ2n) is 12.7. The first-order valence-corrected chi connectivity index (χ1v) is 18.8. The molecule has 1 aromatic heterocycles. The molecule has 0 fully saturated rings. The van der Waals surface area contributed by atoms with Crippen LogP contribution in [0.25, 0.3) is 0 Å². The summed E-state index contributed by atoms with van der Waals surface area (Å²) in [5.41, 5.74) is 5.01. The van der Waals surface area contributed by atoms with E-state index < -0.39 is 8.32 Å². The number of rotatable bonds is 12. The number of nitrogens with zero attached hydrogens (tertiary/aromatic N) is 3. The fourth-order valence-corrected chi connectivity index (χ4v) is 7.81. The summed E-state index contributed by atoms with van der Waals surface area (Å²) < 4.78 is 24.8. The van der Waals surface area contributed by atoms with Crippen LogP contribution in [-0.4, -0.2) is 74.2 Å². The first-order chi connectivity index (χ1) is 22.1. The van der Waals surface area contributed by atoms with Crippen molar-refractivity contribution in [3.05, 3.63) is 87.9 Å². The van der Waals surface area contributed by atoms with Crippen molar-refractivity contribution in [3.63, 3.8) is 0 Å². The van der Waals surface area contributed by atoms with Crippen molar-refractivity contribution in [2.45, 2.75) is 76.6 Å². The normalized spacial score (nSPS) is 21.9. The molecule has 0 saturated carbocycles. The Bertz CT molecular complexity index is 1580. The van der Waals surface area contributed by atoms with Gasteiger partial charge in [-0.05, 0) is 66.7 Å². The van der Waals surface area contributed by atoms with Gasteiger partial charge in [0.2, 0.25) is 8.32 Å². The van der Waals surface area contributed by atoms with Gasteiger partial charge in [0.1, 0.15) is 11.9 Å². The summed E-state index contributed by atoms with van der Waals surface area (Å²) in [5.74, 6) is 1.60. The van der Waals surface area contributed by atoms with E-state index in [4.69, 9.17) is 18.9 Å². The van der Waals surface area contributed by atoms with E-state index >= 15 is 0 Å². The third-order valence-electron chi connectivity index (χ3n) is 9.38. The van der Waals surface area contributed by atoms with Crippen molar-refractivity contribution in [1.29, 1.82) is 0 Å². The molecule has 0 bridgehead atoms. The SMILES string of the molecule is COC1=CC=C2C3=C(CC[C@H](n4cc(CCC(=O)CCc5ccc([Si](C)(C)O)cc5)nn4)C2CC1=O)C(OC)=C(OC)[C@H](OC)C3. The Labute approximate surface area is 271 Å². The number of fused-ring (bicyclic) bond motifs is 2. The van der Waals surface area contributed by atoms with Gasteiger partial charge in [0, 0.05) is 50.5 Å². The Balaban J connectivity index is 1.32. The lowest BCUT2D eigenvalue weighted by molar-refractivity contribution is -0.120. The van der Waals surface area contributed by atoms with Crippen LogP contribution in [-0.2, 0) is 41.4 Å². The quantitative estimate of drug-likeness (QED) is 0.334. The van der Waals surface area contributed by atoms with E-state index in [9.17, 15) is 14.4 Å². The largest absolute Gasteiger partial charge is 0.494 e. The highest BCUT2D eigenvalue weighted by molar-refractivity contribution is 6.83. The Morgan fingerprint density at radius 1 is 0.978 bits per heavy atom. The summed E-state index contributed by atoms with van der Waals surface area (Å²) in [5, 5.41) is 9.95. The van der Waals surface area contributed by atoms with E-state index in [2.05, 4.69) is 10.3 Å². The average Bonchev–Trinajstić information content (AvgIpc) is 3.38. The topological polar surface area (TPSA) is 122 Å². The van der Waals surface area contributed by atoms with Crippen LogP contribution >= 0.6 is 0 Å². The van der Waals surface area contributed by atoms with Crippen molar-refractivity contribution in [2.75, 3.05) is 28.4 Å². The maximum atomic E-state index is 13.3. The monoisotopic (exact) mass is 647 g/mol. The van der Waals surface area contributed by atoms with Crippen molar-refractivity contribution in [1.82, 2.24) is 15.0 Å². The smallest absolute Gasteiger partial charge is 0.213 e. The Kier molecular flexibility index (Phi) is 10.4. The Hall–Kier alpha value is -3.80. The van der Waals surface area contributed by atoms with Crippen LogP contribution in [0.4, 0.5) is 0 Å². The van der Waals surface area contributed by atoms with Crippen molar-refractivity contribution in [3.8, 4) is 0 Å². The molecular weight excluding hydrogens is 602 g/mol. The fourth-order valence-electron chi connectivity index (χ4n) is 6.83. The Morgan fingerprint density at radius 3 is 2.37 bits per heavy atom. The van der Waals surface area contributed by atoms with Gasteiger partial charge in [0.05, 0.1) is 33.1 Å². The number of ketones is 2. The summed E-state index contributed by atoms with van der Waals surface area (Å²) in [6, 6.07) is 7.79. The molecule has 1 heterocycles. The lowest BCUT2D eigenvalue weighted by Crippen LogP contribution is -2.41. The van der Waals surface area contributed by atoms with Gasteiger partial charge in [-0.25, -0.2) is 4.68 Å². The minimum absolute atomic E-state index is 0.0605. The lowest BCUT2D eigenvalue weighted by Gasteiger charge is -2.31. The highest BCUT2D eigenvalue weighted by Crippen LogP contribution is 2.48. The molecule has 10 nitrogen and oxygen atoms in total. The number of carbonyl (C=O) groups excluding carboxylic acids is 2. The van der Waals surface area contributed by atoms with Gasteiger partial charge in [-0.2, -0.15) is 0 Å². The molecule has 246 valence electrons. The van der Waals surface area contributed by atoms with Gasteiger partial charge in [-0.1, -0.05) is 35.6 Å². The molecule has 11 heteroatoms. The minimum Gasteiger partial charge on any atom is -0.494 e. The molecule has 3 atom stereocenters. The number of carbonyl (C=O) groups is 2. The predicted molar refractivity (Wildman–Crippen MR) is 175 cm³/mol. The predicted octanol–water partition coefficient (Wildman–Crippen LogP) is 4.42. The maximum absolute atomic E-state index is 13.3. The van der Waals surface area contributed by atoms with E-state index in [-0.39, 0.29) is 36.1 Å². The maximum Gasteiger partial charge on any atom is 0.213 e. The minimum atomic E-state index is -2.34. The molecule has 1 aromatic carbocycles. The molecule has 0 saturated heterocycles. The van der Waals surface area contributed by atoms with Crippen molar-refractivity contribution >= 4 is 25.1 Å². The number of Topliss-reactive ketones (excluding diaryl/α,β-unsaturated/α-hetero) is 2. The number of hydrogen-bond donors (Lipinski definition) is 1. The van der Waals surface area contributed by atoms with Crippen molar-refractivity contribution in [2.24, 2.45) is 5.92 Å². The molecule has 1 unspecified atom stereocenters. The molecule has 0 spiro atoms. The van der Waals surface area contributed by atoms with Crippen LogP contribution in [0.15, 0.2) is 76.6 Å². The zero-order valence-electron chi connectivity index (χ0n) is 27.7. The fraction of sp³-hybridized carbons (Fsp3) is 0.486. The van der Waals surface area contributed by atoms with E-state index in [1.807, 2.05) is 54.3 Å². The van der Waals surface area contributed by atoms with Crippen LogP contribution in [0.3, 0.4) is 0 Å². The first kappa shape index (κ1) is 33.6. The van der Waals surface area contributed by atoms with Crippen LogP contribution in [0.2, 0.25) is 13.1 Å². The third-order valence-corrected chi connectivity index (χ3v) is 11.1. The molecular formula is C35H45N3O7Si. The van der Waals surface area contributed by atoms with Gasteiger partial charge in [0.25, 0.3) is 0 Å². The average molecular weight is 648 g/mol. The van der Waals surface area contributed by atoms with Crippen LogP contribution in [0.1, 0.15) is 55.8 Å². The molecule has 3 aliphatic rings. The van der Waals surface area contributed by atoms with Gasteiger partial charge in [-0.3, -0.25) is 9.59 Å². The van der Waals surface area contributed by atoms with E-state index in [0.29, 0.717) is 62.2 Å². The van der Waals surface area contributed by atoms with E-state index in [1.54, 1.807) is 27.4 Å². The molecule has 46 heavy (non-hydrogen) atoms. The molecule has 0 amide bonds. The number of allylic oxidation sites excluding steroid dienone is 5. The molecule has 3 aliphatic carbocycles. The van der Waals surface area contributed by atoms with Gasteiger partial charge in [-0.15, -0.1) is 5.10 Å². The Morgan fingerprint density at radius 2 is 1.72 bits per heavy atom. The summed E-state index contributed by atoms with van der Waals surface area (Å²) >= 11 is 0. The molecule has 0 aliphatic heterocycles. The van der Waals surface area contributed by atoms with Gasteiger partial charge >= 0.3 is 0 Å². The number of aryl methyl sites for hydroxylation is 2. The zero-order valence-corrected chi connectivity index (χ0v) is 28.7. The van der Waals surface area contributed by atoms with Gasteiger partial charge in [0.15, 0.2) is 23.1 Å².